The molecular formula is C14H29N. The van der Waals surface area contributed by atoms with Crippen molar-refractivity contribution in [1.82, 2.24) is 5.32 Å². The maximum atomic E-state index is 4.01. The Kier molecular flexibility index (Phi) is 9.76. The lowest BCUT2D eigenvalue weighted by molar-refractivity contribution is 0.412. The van der Waals surface area contributed by atoms with E-state index >= 15 is 0 Å². The molecular weight excluding hydrogens is 182 g/mol. The van der Waals surface area contributed by atoms with Crippen molar-refractivity contribution in [2.24, 2.45) is 5.92 Å². The summed E-state index contributed by atoms with van der Waals surface area (Å²) in [5, 5.41) is 3.28. The van der Waals surface area contributed by atoms with E-state index in [0.717, 1.165) is 18.9 Å². The molecule has 0 aromatic heterocycles. The van der Waals surface area contributed by atoms with Crippen molar-refractivity contribution in [2.75, 3.05) is 6.54 Å². The van der Waals surface area contributed by atoms with Crippen molar-refractivity contribution in [3.05, 3.63) is 12.3 Å². The van der Waals surface area contributed by atoms with Crippen LogP contribution in [0.5, 0.6) is 0 Å². The Hall–Kier alpha value is -0.460. The highest BCUT2D eigenvalue weighted by molar-refractivity contribution is 4.89. The van der Waals surface area contributed by atoms with Crippen LogP contribution in [0.1, 0.15) is 65.7 Å². The molecule has 1 heteroatoms. The van der Waals surface area contributed by atoms with Crippen molar-refractivity contribution < 1.29 is 0 Å². The summed E-state index contributed by atoms with van der Waals surface area (Å²) in [6, 6.07) is 0. The molecule has 1 N–H and O–H groups in total. The van der Waals surface area contributed by atoms with Crippen molar-refractivity contribution in [1.29, 1.82) is 0 Å². The number of unbranched alkanes of at least 4 members (excludes halogenated alkanes) is 1. The minimum absolute atomic E-state index is 0.961. The lowest BCUT2D eigenvalue weighted by atomic mass is 9.94. The Morgan fingerprint density at radius 2 is 1.87 bits per heavy atom. The molecule has 0 aliphatic rings. The molecule has 0 heterocycles. The molecule has 0 aliphatic carbocycles. The van der Waals surface area contributed by atoms with Crippen LogP contribution in [0.15, 0.2) is 12.3 Å². The molecule has 0 saturated heterocycles. The quantitative estimate of drug-likeness (QED) is 0.525. The summed E-state index contributed by atoms with van der Waals surface area (Å²) in [5.74, 6) is 0.961. The molecule has 0 amide bonds. The molecule has 0 fully saturated rings. The van der Waals surface area contributed by atoms with Crippen LogP contribution in [-0.4, -0.2) is 6.54 Å². The van der Waals surface area contributed by atoms with Gasteiger partial charge in [-0.2, -0.15) is 0 Å². The van der Waals surface area contributed by atoms with E-state index in [1.54, 1.807) is 0 Å². The smallest absolute Gasteiger partial charge is 0.0115 e. The first-order chi connectivity index (χ1) is 7.24. The van der Waals surface area contributed by atoms with Crippen LogP contribution in [0.25, 0.3) is 0 Å². The number of hydrogen-bond donors (Lipinski definition) is 1. The summed E-state index contributed by atoms with van der Waals surface area (Å²) in [6.45, 7) is 11.7. The first kappa shape index (κ1) is 14.5. The zero-order valence-corrected chi connectivity index (χ0v) is 10.9. The van der Waals surface area contributed by atoms with E-state index in [-0.39, 0.29) is 0 Å². The highest BCUT2D eigenvalue weighted by Gasteiger charge is 2.04. The molecule has 0 aromatic rings. The van der Waals surface area contributed by atoms with Crippen LogP contribution < -0.4 is 5.32 Å². The summed E-state index contributed by atoms with van der Waals surface area (Å²) in [6.07, 6.45) is 9.31. The van der Waals surface area contributed by atoms with Crippen LogP contribution in [0.2, 0.25) is 0 Å². The molecule has 0 spiro atoms. The number of rotatable bonds is 10. The van der Waals surface area contributed by atoms with Gasteiger partial charge in [-0.25, -0.2) is 0 Å². The molecule has 1 nitrogen and oxygen atoms in total. The summed E-state index contributed by atoms with van der Waals surface area (Å²) in [4.78, 5) is 0. The molecule has 0 aliphatic heterocycles. The van der Waals surface area contributed by atoms with E-state index in [0.29, 0.717) is 0 Å². The predicted molar refractivity (Wildman–Crippen MR) is 70.0 cm³/mol. The van der Waals surface area contributed by atoms with Crippen LogP contribution >= 0.6 is 0 Å². The third-order valence-corrected chi connectivity index (χ3v) is 3.04. The maximum Gasteiger partial charge on any atom is 0.0115 e. The van der Waals surface area contributed by atoms with E-state index < -0.39 is 0 Å². The molecule has 0 bridgehead atoms. The topological polar surface area (TPSA) is 12.0 Å². The molecule has 0 radical (unpaired) electrons. The van der Waals surface area contributed by atoms with Gasteiger partial charge in [0, 0.05) is 12.2 Å². The van der Waals surface area contributed by atoms with Gasteiger partial charge in [0.25, 0.3) is 0 Å². The fourth-order valence-electron chi connectivity index (χ4n) is 2.07. The lowest BCUT2D eigenvalue weighted by Crippen LogP contribution is -2.10. The number of nitrogens with one attached hydrogen (secondary N) is 1. The monoisotopic (exact) mass is 211 g/mol. The van der Waals surface area contributed by atoms with Crippen molar-refractivity contribution in [3.8, 4) is 0 Å². The zero-order chi connectivity index (χ0) is 11.5. The van der Waals surface area contributed by atoms with Crippen molar-refractivity contribution in [2.45, 2.75) is 65.7 Å². The maximum absolute atomic E-state index is 4.01. The Morgan fingerprint density at radius 3 is 2.40 bits per heavy atom. The van der Waals surface area contributed by atoms with Crippen LogP contribution in [0.4, 0.5) is 0 Å². The van der Waals surface area contributed by atoms with Gasteiger partial charge in [0.15, 0.2) is 0 Å². The highest BCUT2D eigenvalue weighted by atomic mass is 14.9. The Bertz CT molecular complexity index is 151. The third kappa shape index (κ3) is 8.53. The fraction of sp³-hybridized carbons (Fsp3) is 0.857. The molecule has 1 atom stereocenters. The predicted octanol–water partition coefficient (Wildman–Crippen LogP) is 4.50. The van der Waals surface area contributed by atoms with Gasteiger partial charge in [-0.1, -0.05) is 52.5 Å². The largest absolute Gasteiger partial charge is 0.389 e. The fourth-order valence-corrected chi connectivity index (χ4v) is 2.07. The first-order valence-electron chi connectivity index (χ1n) is 6.66. The van der Waals surface area contributed by atoms with Gasteiger partial charge < -0.3 is 5.32 Å². The van der Waals surface area contributed by atoms with Gasteiger partial charge >= 0.3 is 0 Å². The van der Waals surface area contributed by atoms with E-state index in [9.17, 15) is 0 Å². The second kappa shape index (κ2) is 10.1. The highest BCUT2D eigenvalue weighted by Crippen LogP contribution is 2.19. The minimum Gasteiger partial charge on any atom is -0.389 e. The molecule has 0 rings (SSSR count). The molecule has 1 unspecified atom stereocenters. The summed E-state index contributed by atoms with van der Waals surface area (Å²) >= 11 is 0. The van der Waals surface area contributed by atoms with Crippen molar-refractivity contribution >= 4 is 0 Å². The second-order valence-electron chi connectivity index (χ2n) is 4.44. The Morgan fingerprint density at radius 1 is 1.13 bits per heavy atom. The molecule has 0 aromatic carbocycles. The van der Waals surface area contributed by atoms with Crippen molar-refractivity contribution in [3.63, 3.8) is 0 Å². The van der Waals surface area contributed by atoms with E-state index in [1.165, 1.54) is 44.2 Å². The average molecular weight is 211 g/mol. The summed E-state index contributed by atoms with van der Waals surface area (Å²) in [5.41, 5.74) is 1.21. The zero-order valence-electron chi connectivity index (χ0n) is 10.9. The van der Waals surface area contributed by atoms with Gasteiger partial charge in [0.2, 0.25) is 0 Å². The lowest BCUT2D eigenvalue weighted by Gasteiger charge is -2.13. The average Bonchev–Trinajstić information content (AvgIpc) is 2.23. The van der Waals surface area contributed by atoms with Gasteiger partial charge in [-0.15, -0.1) is 0 Å². The first-order valence-corrected chi connectivity index (χ1v) is 6.66. The number of allylic oxidation sites excluding steroid dienone is 1. The number of hydrogen-bond acceptors (Lipinski definition) is 1. The van der Waals surface area contributed by atoms with E-state index in [2.05, 4.69) is 32.7 Å². The van der Waals surface area contributed by atoms with Gasteiger partial charge in [-0.05, 0) is 25.7 Å². The summed E-state index contributed by atoms with van der Waals surface area (Å²) in [7, 11) is 0. The standard InChI is InChI=1S/C14H29N/c1-5-10-14(6-2)12-9-8-11-13(4)15-7-3/h14-15H,4-12H2,1-3H3. The van der Waals surface area contributed by atoms with Gasteiger partial charge in [-0.3, -0.25) is 0 Å². The van der Waals surface area contributed by atoms with Crippen LogP contribution in [0, 0.1) is 5.92 Å². The van der Waals surface area contributed by atoms with E-state index in [4.69, 9.17) is 0 Å². The second-order valence-corrected chi connectivity index (χ2v) is 4.44. The minimum atomic E-state index is 0.961. The molecule has 90 valence electrons. The van der Waals surface area contributed by atoms with Crippen LogP contribution in [0.3, 0.4) is 0 Å². The van der Waals surface area contributed by atoms with E-state index in [1.807, 2.05) is 0 Å². The Balaban J connectivity index is 3.39. The molecule has 0 saturated carbocycles. The SMILES string of the molecule is C=C(CCCCC(CC)CCC)NCC. The van der Waals surface area contributed by atoms with Crippen LogP contribution in [-0.2, 0) is 0 Å². The third-order valence-electron chi connectivity index (χ3n) is 3.04. The van der Waals surface area contributed by atoms with Gasteiger partial charge in [0.1, 0.15) is 0 Å². The molecule has 15 heavy (non-hydrogen) atoms. The summed E-state index contributed by atoms with van der Waals surface area (Å²) < 4.78 is 0. The Labute approximate surface area is 96.3 Å². The normalized spacial score (nSPS) is 12.5. The van der Waals surface area contributed by atoms with Gasteiger partial charge in [0.05, 0.1) is 0 Å².